The molecule has 1 aromatic carbocycles. The highest BCUT2D eigenvalue weighted by atomic mass is 19.4. The van der Waals surface area contributed by atoms with Crippen LogP contribution in [0.2, 0.25) is 0 Å². The van der Waals surface area contributed by atoms with Gasteiger partial charge in [0, 0.05) is 52.9 Å². The number of hydrogen-bond acceptors (Lipinski definition) is 5. The molecule has 2 aliphatic rings. The summed E-state index contributed by atoms with van der Waals surface area (Å²) in [7, 11) is 3.35. The Morgan fingerprint density at radius 2 is 1.83 bits per heavy atom. The number of piperidine rings is 1. The third-order valence-electron chi connectivity index (χ3n) is 6.90. The van der Waals surface area contributed by atoms with Crippen molar-refractivity contribution in [2.75, 3.05) is 51.7 Å². The number of nitrogens with one attached hydrogen (secondary N) is 1. The van der Waals surface area contributed by atoms with Gasteiger partial charge in [0.25, 0.3) is 0 Å². The van der Waals surface area contributed by atoms with E-state index in [-0.39, 0.29) is 48.6 Å². The van der Waals surface area contributed by atoms with Crippen LogP contribution in [0.15, 0.2) is 18.2 Å². The second kappa shape index (κ2) is 10.5. The first-order valence-corrected chi connectivity index (χ1v) is 11.5. The molecule has 11 heteroatoms. The number of anilines is 1. The van der Waals surface area contributed by atoms with Crippen molar-refractivity contribution in [2.45, 2.75) is 25.9 Å². The van der Waals surface area contributed by atoms with Crippen molar-refractivity contribution in [1.82, 2.24) is 15.1 Å². The first-order valence-electron chi connectivity index (χ1n) is 11.5. The first kappa shape index (κ1) is 26.3. The van der Waals surface area contributed by atoms with Crippen LogP contribution in [0.1, 0.15) is 30.9 Å². The van der Waals surface area contributed by atoms with Gasteiger partial charge in [-0.15, -0.1) is 0 Å². The highest BCUT2D eigenvalue weighted by molar-refractivity contribution is 5.85. The molecule has 8 nitrogen and oxygen atoms in total. The molecule has 0 spiro atoms. The first-order chi connectivity index (χ1) is 16.4. The van der Waals surface area contributed by atoms with Gasteiger partial charge >= 0.3 is 6.18 Å². The second-order valence-electron chi connectivity index (χ2n) is 9.38. The Balaban J connectivity index is 1.72. The van der Waals surface area contributed by atoms with Crippen LogP contribution in [0, 0.1) is 29.1 Å². The van der Waals surface area contributed by atoms with E-state index in [1.165, 1.54) is 24.0 Å². The monoisotopic (exact) mass is 493 g/mol. The minimum Gasteiger partial charge on any atom is -0.372 e. The van der Waals surface area contributed by atoms with Crippen LogP contribution in [0.5, 0.6) is 0 Å². The summed E-state index contributed by atoms with van der Waals surface area (Å²) in [4.78, 5) is 41.6. The maximum atomic E-state index is 13.4. The number of alkyl halides is 3. The fourth-order valence-corrected chi connectivity index (χ4v) is 5.06. The number of hydrogen-bond donors (Lipinski definition) is 1. The fraction of sp³-hybridized carbons (Fsp3) is 0.583. The summed E-state index contributed by atoms with van der Waals surface area (Å²) in [5.41, 5.74) is -0.939. The topological polar surface area (TPSA) is 96.8 Å². The van der Waals surface area contributed by atoms with Crippen LogP contribution in [0.3, 0.4) is 0 Å². The van der Waals surface area contributed by atoms with E-state index < -0.39 is 17.3 Å². The van der Waals surface area contributed by atoms with Gasteiger partial charge in [-0.3, -0.25) is 14.4 Å². The Morgan fingerprint density at radius 1 is 1.17 bits per heavy atom. The smallest absolute Gasteiger partial charge is 0.372 e. The Labute approximate surface area is 202 Å². The van der Waals surface area contributed by atoms with Gasteiger partial charge in [0.15, 0.2) is 0 Å². The largest absolute Gasteiger partial charge is 0.417 e. The van der Waals surface area contributed by atoms with Crippen LogP contribution in [0.25, 0.3) is 0 Å². The average molecular weight is 494 g/mol. The van der Waals surface area contributed by atoms with E-state index in [2.05, 4.69) is 5.32 Å². The molecule has 1 aromatic rings. The van der Waals surface area contributed by atoms with Gasteiger partial charge < -0.3 is 20.0 Å². The van der Waals surface area contributed by atoms with Gasteiger partial charge in [0.05, 0.1) is 29.7 Å². The Morgan fingerprint density at radius 3 is 2.37 bits per heavy atom. The minimum atomic E-state index is -4.61. The van der Waals surface area contributed by atoms with Crippen molar-refractivity contribution in [1.29, 1.82) is 5.26 Å². The zero-order valence-corrected chi connectivity index (χ0v) is 20.1. The molecular formula is C24H30F3N5O3. The Bertz CT molecular complexity index is 1010. The number of nitriles is 1. The van der Waals surface area contributed by atoms with Gasteiger partial charge in [-0.2, -0.15) is 18.4 Å². The fourth-order valence-electron chi connectivity index (χ4n) is 5.06. The SMILES string of the molecule is CC(=O)NCC(=O)N1C[C@@H](C(=O)N(C)C)[C@H](C2CCN(c3ccc(C#N)c(C(F)(F)F)c3)CC2)C1. The van der Waals surface area contributed by atoms with Crippen LogP contribution >= 0.6 is 0 Å². The quantitative estimate of drug-likeness (QED) is 0.678. The van der Waals surface area contributed by atoms with Crippen molar-refractivity contribution in [3.05, 3.63) is 29.3 Å². The van der Waals surface area contributed by atoms with Gasteiger partial charge in [-0.05, 0) is 42.9 Å². The number of benzene rings is 1. The number of carbonyl (C=O) groups is 3. The lowest BCUT2D eigenvalue weighted by Gasteiger charge is -2.38. The molecule has 190 valence electrons. The lowest BCUT2D eigenvalue weighted by Crippen LogP contribution is -2.41. The van der Waals surface area contributed by atoms with Gasteiger partial charge in [0.1, 0.15) is 0 Å². The predicted molar refractivity (Wildman–Crippen MR) is 122 cm³/mol. The Kier molecular flexibility index (Phi) is 7.93. The summed E-state index contributed by atoms with van der Waals surface area (Å²) in [6.07, 6.45) is -3.29. The lowest BCUT2D eigenvalue weighted by molar-refractivity contribution is -0.138. The molecule has 1 N–H and O–H groups in total. The maximum Gasteiger partial charge on any atom is 0.417 e. The van der Waals surface area contributed by atoms with Crippen LogP contribution in [-0.4, -0.2) is 74.3 Å². The molecule has 2 aliphatic heterocycles. The van der Waals surface area contributed by atoms with E-state index >= 15 is 0 Å². The summed E-state index contributed by atoms with van der Waals surface area (Å²) < 4.78 is 40.1. The lowest BCUT2D eigenvalue weighted by atomic mass is 9.78. The van der Waals surface area contributed by atoms with Gasteiger partial charge in [-0.25, -0.2) is 0 Å². The molecule has 2 atom stereocenters. The van der Waals surface area contributed by atoms with Crippen LogP contribution in [0.4, 0.5) is 18.9 Å². The molecule has 0 bridgehead atoms. The normalized spacial score (nSPS) is 20.9. The number of rotatable bonds is 5. The summed E-state index contributed by atoms with van der Waals surface area (Å²) in [5, 5.41) is 11.5. The number of halogens is 3. The predicted octanol–water partition coefficient (Wildman–Crippen LogP) is 2.09. The summed E-state index contributed by atoms with van der Waals surface area (Å²) in [6, 6.07) is 5.35. The summed E-state index contributed by atoms with van der Waals surface area (Å²) in [5.74, 6) is -0.921. The van der Waals surface area contributed by atoms with E-state index in [0.717, 1.165) is 6.07 Å². The molecule has 0 radical (unpaired) electrons. The van der Waals surface area contributed by atoms with Crippen LogP contribution < -0.4 is 10.2 Å². The molecule has 0 unspecified atom stereocenters. The zero-order chi connectivity index (χ0) is 25.9. The highest BCUT2D eigenvalue weighted by Crippen LogP contribution is 2.39. The maximum absolute atomic E-state index is 13.4. The van der Waals surface area contributed by atoms with E-state index in [4.69, 9.17) is 5.26 Å². The Hall–Kier alpha value is -3.29. The van der Waals surface area contributed by atoms with E-state index in [1.54, 1.807) is 25.1 Å². The summed E-state index contributed by atoms with van der Waals surface area (Å²) in [6.45, 7) is 2.91. The molecule has 2 heterocycles. The molecule has 3 rings (SSSR count). The molecular weight excluding hydrogens is 463 g/mol. The molecule has 0 saturated carbocycles. The number of nitrogens with zero attached hydrogens (tertiary/aromatic N) is 4. The standard InChI is InChI=1S/C24H30F3N5O3/c1-15(33)29-12-22(34)32-13-19(20(14-32)23(35)30(2)3)16-6-8-31(9-7-16)18-5-4-17(11-28)21(10-18)24(25,26)27/h4-5,10,16,19-20H,6-9,12-14H2,1-3H3,(H,29,33)/t19-,20+/m0/s1. The number of carbonyl (C=O) groups excluding carboxylic acids is 3. The zero-order valence-electron chi connectivity index (χ0n) is 20.1. The molecule has 0 aliphatic carbocycles. The van der Waals surface area contributed by atoms with Crippen LogP contribution in [-0.2, 0) is 20.6 Å². The molecule has 35 heavy (non-hydrogen) atoms. The van der Waals surface area contributed by atoms with E-state index in [9.17, 15) is 27.6 Å². The summed E-state index contributed by atoms with van der Waals surface area (Å²) >= 11 is 0. The molecule has 2 fully saturated rings. The number of amides is 3. The molecule has 3 amide bonds. The van der Waals surface area contributed by atoms with Crippen molar-refractivity contribution in [3.8, 4) is 6.07 Å². The van der Waals surface area contributed by atoms with Crippen molar-refractivity contribution >= 4 is 23.4 Å². The average Bonchev–Trinajstić information content (AvgIpc) is 3.26. The van der Waals surface area contributed by atoms with Crippen molar-refractivity contribution in [2.24, 2.45) is 17.8 Å². The minimum absolute atomic E-state index is 0.0610. The van der Waals surface area contributed by atoms with E-state index in [0.29, 0.717) is 38.2 Å². The molecule has 0 aromatic heterocycles. The van der Waals surface area contributed by atoms with Gasteiger partial charge in [-0.1, -0.05) is 0 Å². The second-order valence-corrected chi connectivity index (χ2v) is 9.38. The molecule has 2 saturated heterocycles. The highest BCUT2D eigenvalue weighted by Gasteiger charge is 2.44. The van der Waals surface area contributed by atoms with Crippen molar-refractivity contribution < 1.29 is 27.6 Å². The van der Waals surface area contributed by atoms with Crippen molar-refractivity contribution in [3.63, 3.8) is 0 Å². The third-order valence-corrected chi connectivity index (χ3v) is 6.90. The van der Waals surface area contributed by atoms with Gasteiger partial charge in [0.2, 0.25) is 17.7 Å². The van der Waals surface area contributed by atoms with E-state index in [1.807, 2.05) is 4.90 Å². The third kappa shape index (κ3) is 6.05. The number of likely N-dealkylation sites (tertiary alicyclic amines) is 1.